The fraction of sp³-hybridized carbons (Fsp3) is 0.455. The highest BCUT2D eigenvalue weighted by atomic mass is 16.5. The van der Waals surface area contributed by atoms with Crippen LogP contribution in [0.3, 0.4) is 0 Å². The van der Waals surface area contributed by atoms with Crippen LogP contribution >= 0.6 is 0 Å². The van der Waals surface area contributed by atoms with E-state index < -0.39 is 0 Å². The van der Waals surface area contributed by atoms with Gasteiger partial charge in [0, 0.05) is 5.57 Å². The van der Waals surface area contributed by atoms with Crippen molar-refractivity contribution < 1.29 is 4.74 Å². The molecule has 0 aliphatic rings. The van der Waals surface area contributed by atoms with Crippen molar-refractivity contribution in [2.24, 2.45) is 10.4 Å². The third-order valence-electron chi connectivity index (χ3n) is 1.66. The van der Waals surface area contributed by atoms with Gasteiger partial charge in [0.1, 0.15) is 0 Å². The average Bonchev–Trinajstić information content (AvgIpc) is 2.03. The van der Waals surface area contributed by atoms with Gasteiger partial charge in [-0.2, -0.15) is 0 Å². The maximum atomic E-state index is 5.11. The minimum absolute atomic E-state index is 0.0132. The number of nitrogens with zero attached hydrogens (tertiary/aromatic N) is 1. The van der Waals surface area contributed by atoms with Gasteiger partial charge < -0.3 is 4.74 Å². The van der Waals surface area contributed by atoms with E-state index >= 15 is 0 Å². The number of allylic oxidation sites excluding steroid dienone is 2. The van der Waals surface area contributed by atoms with Crippen molar-refractivity contribution in [3.8, 4) is 0 Å². The summed E-state index contributed by atoms with van der Waals surface area (Å²) in [6.45, 7) is 9.93. The van der Waals surface area contributed by atoms with Gasteiger partial charge in [-0.3, -0.25) is 0 Å². The Kier molecular flexibility index (Phi) is 4.46. The summed E-state index contributed by atoms with van der Waals surface area (Å²) < 4.78 is 5.11. The summed E-state index contributed by atoms with van der Waals surface area (Å²) >= 11 is 0. The average molecular weight is 180 g/mol. The molecule has 0 unspecified atom stereocenters. The smallest absolute Gasteiger partial charge is 0.212 e. The molecule has 0 aliphatic heterocycles. The molecule has 0 saturated heterocycles. The fourth-order valence-electron chi connectivity index (χ4n) is 1.02. The highest BCUT2D eigenvalue weighted by Crippen LogP contribution is 2.26. The highest BCUT2D eigenvalue weighted by Gasteiger charge is 2.21. The van der Waals surface area contributed by atoms with Crippen LogP contribution in [0, 0.1) is 12.5 Å². The molecule has 2 nitrogen and oxygen atoms in total. The molecule has 0 aromatic carbocycles. The lowest BCUT2D eigenvalue weighted by atomic mass is 9.86. The molecule has 0 fully saturated rings. The van der Waals surface area contributed by atoms with Crippen LogP contribution in [0.4, 0.5) is 0 Å². The molecular formula is C11H18NO. The van der Waals surface area contributed by atoms with Crippen LogP contribution in [0.5, 0.6) is 0 Å². The topological polar surface area (TPSA) is 21.6 Å². The first-order valence-electron chi connectivity index (χ1n) is 4.18. The first-order valence-corrected chi connectivity index (χ1v) is 4.18. The molecule has 0 aromatic rings. The Labute approximate surface area is 81.0 Å². The number of aliphatic imine (C=N–C) groups is 1. The molecule has 73 valence electrons. The van der Waals surface area contributed by atoms with Gasteiger partial charge in [0.2, 0.25) is 5.90 Å². The Morgan fingerprint density at radius 1 is 1.38 bits per heavy atom. The van der Waals surface area contributed by atoms with Gasteiger partial charge in [0.15, 0.2) is 0 Å². The van der Waals surface area contributed by atoms with Gasteiger partial charge in [-0.25, -0.2) is 4.99 Å². The molecular weight excluding hydrogens is 162 g/mol. The van der Waals surface area contributed by atoms with Crippen molar-refractivity contribution in [1.82, 2.24) is 0 Å². The summed E-state index contributed by atoms with van der Waals surface area (Å²) in [5.74, 6) is 0.562. The summed E-state index contributed by atoms with van der Waals surface area (Å²) in [4.78, 5) is 3.82. The Morgan fingerprint density at radius 3 is 2.15 bits per heavy atom. The molecule has 0 aromatic heterocycles. The molecule has 0 amide bonds. The molecule has 2 heteroatoms. The van der Waals surface area contributed by atoms with Crippen LogP contribution in [-0.4, -0.2) is 13.0 Å². The quantitative estimate of drug-likeness (QED) is 0.363. The standard InChI is InChI=1S/C11H18NO/c1-7-8-9(11(2,3)4)10(12-5)13-6/h7-8H,1,5H2,2-4,6H3/b9-8+,12-10?. The van der Waals surface area contributed by atoms with Crippen LogP contribution < -0.4 is 0 Å². The van der Waals surface area contributed by atoms with Crippen LogP contribution in [0.15, 0.2) is 29.3 Å². The van der Waals surface area contributed by atoms with Gasteiger partial charge in [-0.05, 0) is 5.41 Å². The summed E-state index contributed by atoms with van der Waals surface area (Å²) in [5.41, 5.74) is 0.987. The lowest BCUT2D eigenvalue weighted by Gasteiger charge is -2.22. The molecule has 0 N–H and O–H groups in total. The van der Waals surface area contributed by atoms with E-state index in [1.54, 1.807) is 13.2 Å². The van der Waals surface area contributed by atoms with Gasteiger partial charge in [0.25, 0.3) is 0 Å². The SMILES string of the molecule is [CH2]N=C(OC)/C(=C\C=C)C(C)(C)C. The predicted octanol–water partition coefficient (Wildman–Crippen LogP) is 2.98. The van der Waals surface area contributed by atoms with Crippen LogP contribution in [0.25, 0.3) is 0 Å². The normalized spacial score (nSPS) is 14.2. The van der Waals surface area contributed by atoms with Crippen molar-refractivity contribution in [2.45, 2.75) is 20.8 Å². The summed E-state index contributed by atoms with van der Waals surface area (Å²) in [6, 6.07) is 0. The Hall–Kier alpha value is -1.05. The lowest BCUT2D eigenvalue weighted by molar-refractivity contribution is 0.385. The minimum atomic E-state index is -0.0132. The second-order valence-electron chi connectivity index (χ2n) is 3.73. The van der Waals surface area contributed by atoms with Crippen molar-refractivity contribution >= 4 is 5.90 Å². The zero-order valence-electron chi connectivity index (χ0n) is 8.92. The molecule has 0 aliphatic carbocycles. The highest BCUT2D eigenvalue weighted by molar-refractivity contribution is 5.95. The number of hydrogen-bond acceptors (Lipinski definition) is 2. The van der Waals surface area contributed by atoms with E-state index in [1.165, 1.54) is 0 Å². The number of hydrogen-bond donors (Lipinski definition) is 0. The zero-order chi connectivity index (χ0) is 10.5. The summed E-state index contributed by atoms with van der Waals surface area (Å²) in [6.07, 6.45) is 3.62. The lowest BCUT2D eigenvalue weighted by Crippen LogP contribution is -2.19. The van der Waals surface area contributed by atoms with Gasteiger partial charge in [-0.15, -0.1) is 0 Å². The Bertz CT molecular complexity index is 231. The Balaban J connectivity index is 5.05. The van der Waals surface area contributed by atoms with Crippen molar-refractivity contribution in [2.75, 3.05) is 7.11 Å². The molecule has 0 bridgehead atoms. The van der Waals surface area contributed by atoms with Crippen LogP contribution in [0.1, 0.15) is 20.8 Å². The molecule has 0 saturated carbocycles. The molecule has 1 radical (unpaired) electrons. The maximum absolute atomic E-state index is 5.11. The molecule has 13 heavy (non-hydrogen) atoms. The monoisotopic (exact) mass is 180 g/mol. The second-order valence-corrected chi connectivity index (χ2v) is 3.73. The van der Waals surface area contributed by atoms with Crippen LogP contribution in [-0.2, 0) is 4.74 Å². The van der Waals surface area contributed by atoms with Gasteiger partial charge in [0.05, 0.1) is 14.2 Å². The summed E-state index contributed by atoms with van der Waals surface area (Å²) in [7, 11) is 5.05. The third-order valence-corrected chi connectivity index (χ3v) is 1.66. The van der Waals surface area contributed by atoms with Crippen molar-refractivity contribution in [3.05, 3.63) is 31.4 Å². The maximum Gasteiger partial charge on any atom is 0.212 e. The Morgan fingerprint density at radius 2 is 1.92 bits per heavy atom. The molecule has 0 rings (SSSR count). The van der Waals surface area contributed by atoms with Gasteiger partial charge in [-0.1, -0.05) is 39.5 Å². The van der Waals surface area contributed by atoms with E-state index in [1.807, 2.05) is 6.08 Å². The fourth-order valence-corrected chi connectivity index (χ4v) is 1.02. The summed E-state index contributed by atoms with van der Waals surface area (Å²) in [5, 5.41) is 0. The van der Waals surface area contributed by atoms with Crippen LogP contribution in [0.2, 0.25) is 0 Å². The minimum Gasteiger partial charge on any atom is -0.481 e. The molecule has 0 atom stereocenters. The number of methoxy groups -OCH3 is 1. The first kappa shape index (κ1) is 11.9. The number of ether oxygens (including phenoxy) is 1. The second kappa shape index (κ2) is 4.85. The van der Waals surface area contributed by atoms with Gasteiger partial charge >= 0.3 is 0 Å². The van der Waals surface area contributed by atoms with Crippen molar-refractivity contribution in [3.63, 3.8) is 0 Å². The third kappa shape index (κ3) is 3.45. The van der Waals surface area contributed by atoms with Crippen molar-refractivity contribution in [1.29, 1.82) is 0 Å². The van der Waals surface area contributed by atoms with E-state index in [9.17, 15) is 0 Å². The molecule has 0 heterocycles. The first-order chi connectivity index (χ1) is 5.97. The van der Waals surface area contributed by atoms with E-state index in [0.717, 1.165) is 5.57 Å². The largest absolute Gasteiger partial charge is 0.481 e. The van der Waals surface area contributed by atoms with E-state index in [2.05, 4.69) is 39.4 Å². The van der Waals surface area contributed by atoms with E-state index in [4.69, 9.17) is 4.74 Å². The predicted molar refractivity (Wildman–Crippen MR) is 57.5 cm³/mol. The zero-order valence-corrected chi connectivity index (χ0v) is 8.92. The molecule has 0 spiro atoms. The number of rotatable bonds is 2. The van der Waals surface area contributed by atoms with E-state index in [-0.39, 0.29) is 5.41 Å². The van der Waals surface area contributed by atoms with E-state index in [0.29, 0.717) is 5.90 Å².